The largest absolute Gasteiger partial charge is 0.309 e. The highest BCUT2D eigenvalue weighted by molar-refractivity contribution is 6.11. The van der Waals surface area contributed by atoms with E-state index in [9.17, 15) is 0 Å². The Morgan fingerprint density at radius 2 is 0.839 bits per heavy atom. The van der Waals surface area contributed by atoms with E-state index in [2.05, 4.69) is 153 Å². The fourth-order valence-electron chi connectivity index (χ4n) is 8.08. The molecule has 0 spiro atoms. The Labute approximate surface area is 322 Å². The van der Waals surface area contributed by atoms with E-state index >= 15 is 0 Å². The first kappa shape index (κ1) is 31.8. The molecule has 262 valence electrons. The molecule has 0 aliphatic carbocycles. The van der Waals surface area contributed by atoms with Crippen LogP contribution in [0.3, 0.4) is 0 Å². The number of rotatable bonds is 6. The molecule has 6 heteroatoms. The van der Waals surface area contributed by atoms with Gasteiger partial charge in [0, 0.05) is 51.5 Å². The summed E-state index contributed by atoms with van der Waals surface area (Å²) in [4.78, 5) is 19.1. The number of pyridine rings is 4. The van der Waals surface area contributed by atoms with Crippen LogP contribution in [0.25, 0.3) is 100 Å². The van der Waals surface area contributed by atoms with E-state index in [-0.39, 0.29) is 0 Å². The summed E-state index contributed by atoms with van der Waals surface area (Å²) in [6.07, 6.45) is 5.47. The van der Waals surface area contributed by atoms with E-state index < -0.39 is 0 Å². The normalized spacial score (nSPS) is 11.6. The molecule has 5 aromatic carbocycles. The maximum Gasteiger partial charge on any atom is 0.145 e. The van der Waals surface area contributed by atoms with Crippen LogP contribution < -0.4 is 0 Å². The van der Waals surface area contributed by atoms with Gasteiger partial charge < -0.3 is 4.57 Å². The SMILES string of the molecule is c1ccc(-n2c3ccccc3c3ccc(-c4ccc5c6cccnc6n(-c6ccc(-c7cc(-c8ccccn8)nc(-c8ccccn8)c7)cc6)c5c4)cc32)cc1. The van der Waals surface area contributed by atoms with Crippen LogP contribution in [0.2, 0.25) is 0 Å². The Balaban J connectivity index is 1.04. The Hall–Kier alpha value is -7.70. The fourth-order valence-corrected chi connectivity index (χ4v) is 8.08. The van der Waals surface area contributed by atoms with E-state index in [1.807, 2.05) is 48.7 Å². The van der Waals surface area contributed by atoms with E-state index in [1.165, 1.54) is 21.8 Å². The predicted molar refractivity (Wildman–Crippen MR) is 228 cm³/mol. The van der Waals surface area contributed by atoms with Gasteiger partial charge in [0.25, 0.3) is 0 Å². The molecule has 0 saturated carbocycles. The third kappa shape index (κ3) is 5.27. The topological polar surface area (TPSA) is 61.4 Å². The molecular formula is C50H32N6. The molecule has 11 aromatic rings. The summed E-state index contributed by atoms with van der Waals surface area (Å²) >= 11 is 0. The molecular weight excluding hydrogens is 685 g/mol. The second kappa shape index (κ2) is 13.0. The molecule has 6 heterocycles. The van der Waals surface area contributed by atoms with Gasteiger partial charge in [0.2, 0.25) is 0 Å². The molecule has 0 unspecified atom stereocenters. The van der Waals surface area contributed by atoms with Gasteiger partial charge in [-0.25, -0.2) is 9.97 Å². The second-order valence-electron chi connectivity index (χ2n) is 14.0. The first-order chi connectivity index (χ1) is 27.8. The molecule has 0 bridgehead atoms. The summed E-state index contributed by atoms with van der Waals surface area (Å²) in [5.74, 6) is 0. The zero-order valence-electron chi connectivity index (χ0n) is 30.2. The van der Waals surface area contributed by atoms with Gasteiger partial charge in [-0.2, -0.15) is 0 Å². The Bertz CT molecular complexity index is 3160. The number of hydrogen-bond acceptors (Lipinski definition) is 4. The molecule has 0 amide bonds. The van der Waals surface area contributed by atoms with Crippen molar-refractivity contribution in [2.24, 2.45) is 0 Å². The molecule has 0 radical (unpaired) electrons. The third-order valence-electron chi connectivity index (χ3n) is 10.7. The van der Waals surface area contributed by atoms with Gasteiger partial charge in [0.05, 0.1) is 39.3 Å². The van der Waals surface area contributed by atoms with E-state index in [1.54, 1.807) is 12.4 Å². The van der Waals surface area contributed by atoms with Gasteiger partial charge in [-0.1, -0.05) is 84.9 Å². The highest BCUT2D eigenvalue weighted by Crippen LogP contribution is 2.38. The second-order valence-corrected chi connectivity index (χ2v) is 14.0. The van der Waals surface area contributed by atoms with Gasteiger partial charge in [-0.15, -0.1) is 0 Å². The van der Waals surface area contributed by atoms with Crippen LogP contribution in [0.5, 0.6) is 0 Å². The minimum absolute atomic E-state index is 0.800. The van der Waals surface area contributed by atoms with Crippen LogP contribution in [0, 0.1) is 0 Å². The van der Waals surface area contributed by atoms with Crippen LogP contribution in [0.15, 0.2) is 195 Å². The van der Waals surface area contributed by atoms with Gasteiger partial charge in [-0.05, 0) is 113 Å². The highest BCUT2D eigenvalue weighted by atomic mass is 15.0. The number of nitrogens with zero attached hydrogens (tertiary/aromatic N) is 6. The number of benzene rings is 5. The average molecular weight is 717 g/mol. The fraction of sp³-hybridized carbons (Fsp3) is 0. The Kier molecular flexibility index (Phi) is 7.38. The van der Waals surface area contributed by atoms with E-state index in [4.69, 9.17) is 9.97 Å². The van der Waals surface area contributed by atoms with E-state index in [0.717, 1.165) is 78.3 Å². The van der Waals surface area contributed by atoms with Crippen molar-refractivity contribution in [2.75, 3.05) is 0 Å². The smallest absolute Gasteiger partial charge is 0.145 e. The van der Waals surface area contributed by atoms with Crippen LogP contribution in [-0.2, 0) is 0 Å². The molecule has 6 aromatic heterocycles. The number of aromatic nitrogens is 6. The van der Waals surface area contributed by atoms with Gasteiger partial charge in [-0.3, -0.25) is 14.5 Å². The Morgan fingerprint density at radius 1 is 0.304 bits per heavy atom. The van der Waals surface area contributed by atoms with Crippen molar-refractivity contribution >= 4 is 43.7 Å². The standard InChI is InChI=1S/C50H32N6/c1-2-11-37(12-3-1)55-47-17-5-4-13-39(47)40-24-20-34(31-48(40)55)35-21-25-41-42-14-10-28-53-50(42)56(49(41)32-35)38-22-18-33(19-23-38)36-29-45(43-15-6-8-26-51-43)54-46(30-36)44-16-7-9-27-52-44/h1-32H. The summed E-state index contributed by atoms with van der Waals surface area (Å²) in [5.41, 5.74) is 14.2. The first-order valence-corrected chi connectivity index (χ1v) is 18.7. The summed E-state index contributed by atoms with van der Waals surface area (Å²) in [7, 11) is 0. The molecule has 0 fully saturated rings. The molecule has 0 aliphatic heterocycles. The summed E-state index contributed by atoms with van der Waals surface area (Å²) < 4.78 is 4.65. The van der Waals surface area contributed by atoms with E-state index in [0.29, 0.717) is 0 Å². The maximum absolute atomic E-state index is 4.97. The lowest BCUT2D eigenvalue weighted by molar-refractivity contribution is 1.14. The number of hydrogen-bond donors (Lipinski definition) is 0. The van der Waals surface area contributed by atoms with Crippen molar-refractivity contribution in [3.05, 3.63) is 195 Å². The zero-order chi connectivity index (χ0) is 37.0. The molecule has 0 saturated heterocycles. The molecule has 56 heavy (non-hydrogen) atoms. The maximum atomic E-state index is 4.97. The van der Waals surface area contributed by atoms with Crippen LogP contribution in [0.4, 0.5) is 0 Å². The monoisotopic (exact) mass is 716 g/mol. The molecule has 11 rings (SSSR count). The quantitative estimate of drug-likeness (QED) is 0.172. The summed E-state index contributed by atoms with van der Waals surface area (Å²) in [6.45, 7) is 0. The highest BCUT2D eigenvalue weighted by Gasteiger charge is 2.17. The van der Waals surface area contributed by atoms with Crippen molar-refractivity contribution in [2.45, 2.75) is 0 Å². The summed E-state index contributed by atoms with van der Waals surface area (Å²) in [6, 6.07) is 61.8. The lowest BCUT2D eigenvalue weighted by atomic mass is 10.0. The van der Waals surface area contributed by atoms with Gasteiger partial charge in [0.1, 0.15) is 5.65 Å². The van der Waals surface area contributed by atoms with Gasteiger partial charge >= 0.3 is 0 Å². The van der Waals surface area contributed by atoms with Crippen molar-refractivity contribution < 1.29 is 0 Å². The Morgan fingerprint density at radius 3 is 1.52 bits per heavy atom. The van der Waals surface area contributed by atoms with Crippen molar-refractivity contribution in [3.8, 4) is 56.4 Å². The van der Waals surface area contributed by atoms with Crippen LogP contribution in [0.1, 0.15) is 0 Å². The number of fused-ring (bicyclic) bond motifs is 6. The lowest BCUT2D eigenvalue weighted by Gasteiger charge is -2.12. The minimum atomic E-state index is 0.800. The van der Waals surface area contributed by atoms with Crippen molar-refractivity contribution in [3.63, 3.8) is 0 Å². The van der Waals surface area contributed by atoms with Gasteiger partial charge in [0.15, 0.2) is 0 Å². The average Bonchev–Trinajstić information content (AvgIpc) is 3.79. The van der Waals surface area contributed by atoms with Crippen LogP contribution >= 0.6 is 0 Å². The van der Waals surface area contributed by atoms with Crippen LogP contribution in [-0.4, -0.2) is 29.1 Å². The molecule has 6 nitrogen and oxygen atoms in total. The number of para-hydroxylation sites is 2. The zero-order valence-corrected chi connectivity index (χ0v) is 30.2. The lowest BCUT2D eigenvalue weighted by Crippen LogP contribution is -1.96. The minimum Gasteiger partial charge on any atom is -0.309 e. The summed E-state index contributed by atoms with van der Waals surface area (Å²) in [5, 5.41) is 4.76. The van der Waals surface area contributed by atoms with Crippen molar-refractivity contribution in [1.29, 1.82) is 0 Å². The first-order valence-electron chi connectivity index (χ1n) is 18.7. The predicted octanol–water partition coefficient (Wildman–Crippen LogP) is 12.1. The third-order valence-corrected chi connectivity index (χ3v) is 10.7. The molecule has 0 aliphatic rings. The van der Waals surface area contributed by atoms with Crippen molar-refractivity contribution in [1.82, 2.24) is 29.1 Å². The molecule has 0 N–H and O–H groups in total. The molecule has 0 atom stereocenters.